The minimum absolute atomic E-state index is 0.0311. The van der Waals surface area contributed by atoms with E-state index in [-0.39, 0.29) is 17.4 Å². The second-order valence-corrected chi connectivity index (χ2v) is 6.34. The average molecular weight is 411 g/mol. The van der Waals surface area contributed by atoms with Crippen LogP contribution in [0.4, 0.5) is 5.69 Å². The Kier molecular flexibility index (Phi) is 3.51. The number of carbonyl (C=O) groups is 1. The van der Waals surface area contributed by atoms with Crippen LogP contribution in [0.2, 0.25) is 0 Å². The van der Waals surface area contributed by atoms with Crippen molar-refractivity contribution in [1.29, 1.82) is 0 Å². The Morgan fingerprint density at radius 1 is 1.10 bits per heavy atom. The number of rotatable bonds is 1. The zero-order valence-corrected chi connectivity index (χ0v) is 13.7. The SMILES string of the molecule is O=C1Nc2c(Br)cc(Br)cc2C1=Cc1ccc(O)cc1O. The third-order valence-electron chi connectivity index (χ3n) is 3.14. The molecule has 0 radical (unpaired) electrons. The zero-order chi connectivity index (χ0) is 15.1. The Bertz CT molecular complexity index is 800. The average Bonchev–Trinajstić information content (AvgIpc) is 2.70. The molecule has 4 nitrogen and oxygen atoms in total. The first-order chi connectivity index (χ1) is 9.95. The molecule has 106 valence electrons. The van der Waals surface area contributed by atoms with Gasteiger partial charge >= 0.3 is 0 Å². The van der Waals surface area contributed by atoms with Crippen molar-refractivity contribution in [2.24, 2.45) is 0 Å². The molecular formula is C15H9Br2NO3. The van der Waals surface area contributed by atoms with Crippen molar-refractivity contribution < 1.29 is 15.0 Å². The van der Waals surface area contributed by atoms with Crippen LogP contribution in [0.5, 0.6) is 11.5 Å². The first-order valence-electron chi connectivity index (χ1n) is 6.00. The molecule has 0 aliphatic carbocycles. The third kappa shape index (κ3) is 2.56. The Hall–Kier alpha value is -1.79. The number of hydrogen-bond donors (Lipinski definition) is 3. The third-order valence-corrected chi connectivity index (χ3v) is 4.23. The summed E-state index contributed by atoms with van der Waals surface area (Å²) in [6.07, 6.45) is 1.59. The van der Waals surface area contributed by atoms with E-state index in [0.29, 0.717) is 16.8 Å². The van der Waals surface area contributed by atoms with Gasteiger partial charge in [0.1, 0.15) is 11.5 Å². The molecular weight excluding hydrogens is 402 g/mol. The first-order valence-corrected chi connectivity index (χ1v) is 7.59. The van der Waals surface area contributed by atoms with E-state index in [1.165, 1.54) is 12.1 Å². The molecule has 3 N–H and O–H groups in total. The van der Waals surface area contributed by atoms with Crippen molar-refractivity contribution in [3.63, 3.8) is 0 Å². The largest absolute Gasteiger partial charge is 0.508 e. The number of halogens is 2. The maximum absolute atomic E-state index is 12.1. The summed E-state index contributed by atoms with van der Waals surface area (Å²) in [7, 11) is 0. The molecule has 0 aromatic heterocycles. The van der Waals surface area contributed by atoms with E-state index in [1.54, 1.807) is 12.1 Å². The monoisotopic (exact) mass is 409 g/mol. The molecule has 1 aliphatic rings. The highest BCUT2D eigenvalue weighted by Gasteiger charge is 2.26. The van der Waals surface area contributed by atoms with Gasteiger partial charge in [-0.3, -0.25) is 4.79 Å². The smallest absolute Gasteiger partial charge is 0.256 e. The van der Waals surface area contributed by atoms with Crippen molar-refractivity contribution in [3.8, 4) is 11.5 Å². The van der Waals surface area contributed by atoms with Crippen LogP contribution >= 0.6 is 31.9 Å². The van der Waals surface area contributed by atoms with Gasteiger partial charge in [0.25, 0.3) is 5.91 Å². The fourth-order valence-electron chi connectivity index (χ4n) is 2.17. The number of anilines is 1. The van der Waals surface area contributed by atoms with Crippen LogP contribution in [0.25, 0.3) is 11.6 Å². The summed E-state index contributed by atoms with van der Waals surface area (Å²) >= 11 is 6.80. The second kappa shape index (κ2) is 5.20. The molecule has 0 bridgehead atoms. The van der Waals surface area contributed by atoms with Gasteiger partial charge in [-0.05, 0) is 46.3 Å². The van der Waals surface area contributed by atoms with Crippen molar-refractivity contribution in [1.82, 2.24) is 0 Å². The number of fused-ring (bicyclic) bond motifs is 1. The predicted molar refractivity (Wildman–Crippen MR) is 88.1 cm³/mol. The summed E-state index contributed by atoms with van der Waals surface area (Å²) in [5, 5.41) is 21.9. The Morgan fingerprint density at radius 3 is 2.57 bits per heavy atom. The summed E-state index contributed by atoms with van der Waals surface area (Å²) in [6, 6.07) is 7.92. The number of aromatic hydroxyl groups is 2. The molecule has 2 aromatic carbocycles. The van der Waals surface area contributed by atoms with Gasteiger partial charge in [-0.2, -0.15) is 0 Å². The minimum Gasteiger partial charge on any atom is -0.508 e. The van der Waals surface area contributed by atoms with Crippen LogP contribution in [0.1, 0.15) is 11.1 Å². The van der Waals surface area contributed by atoms with Crippen LogP contribution < -0.4 is 5.32 Å². The van der Waals surface area contributed by atoms with Gasteiger partial charge in [0.15, 0.2) is 0 Å². The lowest BCUT2D eigenvalue weighted by Gasteiger charge is -2.04. The van der Waals surface area contributed by atoms with E-state index in [0.717, 1.165) is 14.5 Å². The number of amides is 1. The lowest BCUT2D eigenvalue weighted by molar-refractivity contribution is -0.110. The van der Waals surface area contributed by atoms with E-state index >= 15 is 0 Å². The van der Waals surface area contributed by atoms with Crippen LogP contribution in [0.15, 0.2) is 39.3 Å². The van der Waals surface area contributed by atoms with E-state index in [9.17, 15) is 15.0 Å². The Morgan fingerprint density at radius 2 is 1.86 bits per heavy atom. The molecule has 0 fully saturated rings. The molecule has 0 atom stereocenters. The summed E-state index contributed by atoms with van der Waals surface area (Å²) in [4.78, 5) is 12.1. The van der Waals surface area contributed by atoms with E-state index < -0.39 is 0 Å². The Labute approximate surface area is 137 Å². The summed E-state index contributed by atoms with van der Waals surface area (Å²) in [5.74, 6) is -0.356. The summed E-state index contributed by atoms with van der Waals surface area (Å²) < 4.78 is 1.61. The number of hydrogen-bond acceptors (Lipinski definition) is 3. The fraction of sp³-hybridized carbons (Fsp3) is 0. The lowest BCUT2D eigenvalue weighted by Crippen LogP contribution is -2.03. The van der Waals surface area contributed by atoms with Crippen LogP contribution in [0, 0.1) is 0 Å². The molecule has 2 aromatic rings. The quantitative estimate of drug-likeness (QED) is 0.619. The van der Waals surface area contributed by atoms with Gasteiger partial charge in [-0.25, -0.2) is 0 Å². The number of carbonyl (C=O) groups excluding carboxylic acids is 1. The first kappa shape index (κ1) is 14.2. The molecule has 1 heterocycles. The molecule has 1 amide bonds. The van der Waals surface area contributed by atoms with Crippen LogP contribution in [-0.2, 0) is 4.79 Å². The molecule has 21 heavy (non-hydrogen) atoms. The van der Waals surface area contributed by atoms with Crippen molar-refractivity contribution in [3.05, 3.63) is 50.4 Å². The van der Waals surface area contributed by atoms with Gasteiger partial charge in [-0.15, -0.1) is 0 Å². The number of benzene rings is 2. The van der Waals surface area contributed by atoms with E-state index in [1.807, 2.05) is 12.1 Å². The van der Waals surface area contributed by atoms with Crippen molar-refractivity contribution >= 4 is 55.1 Å². The number of phenolic OH excluding ortho intramolecular Hbond substituents is 2. The maximum Gasteiger partial charge on any atom is 0.256 e. The fourth-order valence-corrected chi connectivity index (χ4v) is 3.49. The maximum atomic E-state index is 12.1. The summed E-state index contributed by atoms with van der Waals surface area (Å²) in [5.41, 5.74) is 2.36. The van der Waals surface area contributed by atoms with E-state index in [4.69, 9.17) is 0 Å². The highest BCUT2D eigenvalue weighted by Crippen LogP contribution is 2.41. The van der Waals surface area contributed by atoms with Gasteiger partial charge < -0.3 is 15.5 Å². The van der Waals surface area contributed by atoms with Gasteiger partial charge in [0, 0.05) is 31.7 Å². The predicted octanol–water partition coefficient (Wildman–Crippen LogP) is 4.12. The Balaban J connectivity index is 2.16. The molecule has 0 spiro atoms. The van der Waals surface area contributed by atoms with Crippen LogP contribution in [-0.4, -0.2) is 16.1 Å². The molecule has 3 rings (SSSR count). The molecule has 0 saturated carbocycles. The topological polar surface area (TPSA) is 69.6 Å². The minimum atomic E-state index is -0.240. The number of nitrogens with one attached hydrogen (secondary N) is 1. The van der Waals surface area contributed by atoms with Gasteiger partial charge in [0.2, 0.25) is 0 Å². The van der Waals surface area contributed by atoms with Gasteiger partial charge in [0.05, 0.1) is 5.69 Å². The highest BCUT2D eigenvalue weighted by molar-refractivity contribution is 9.11. The second-order valence-electron chi connectivity index (χ2n) is 4.57. The van der Waals surface area contributed by atoms with Crippen molar-refractivity contribution in [2.45, 2.75) is 0 Å². The zero-order valence-electron chi connectivity index (χ0n) is 10.5. The normalized spacial score (nSPS) is 15.1. The molecule has 6 heteroatoms. The number of phenols is 2. The molecule has 1 aliphatic heterocycles. The highest BCUT2D eigenvalue weighted by atomic mass is 79.9. The van der Waals surface area contributed by atoms with Crippen LogP contribution in [0.3, 0.4) is 0 Å². The lowest BCUT2D eigenvalue weighted by atomic mass is 10.0. The van der Waals surface area contributed by atoms with Crippen molar-refractivity contribution in [2.75, 3.05) is 5.32 Å². The standard InChI is InChI=1S/C15H9Br2NO3/c16-8-4-10-11(15(21)18-14(10)12(17)5-8)3-7-1-2-9(19)6-13(7)20/h1-6,19-20H,(H,18,21). The molecule has 0 unspecified atom stereocenters. The van der Waals surface area contributed by atoms with E-state index in [2.05, 4.69) is 37.2 Å². The molecule has 0 saturated heterocycles. The summed E-state index contributed by atoms with van der Waals surface area (Å²) in [6.45, 7) is 0. The van der Waals surface area contributed by atoms with Gasteiger partial charge in [-0.1, -0.05) is 15.9 Å².